The number of carbonyl (C=O) groups is 3. The van der Waals surface area contributed by atoms with Crippen molar-refractivity contribution in [3.8, 4) is 11.5 Å². The van der Waals surface area contributed by atoms with E-state index in [1.807, 2.05) is 6.92 Å². The van der Waals surface area contributed by atoms with Crippen LogP contribution in [0.2, 0.25) is 0 Å². The second-order valence-electron chi connectivity index (χ2n) is 8.84. The van der Waals surface area contributed by atoms with E-state index in [2.05, 4.69) is 42.3 Å². The minimum Gasteiger partial charge on any atom is -0.494 e. The average Bonchev–Trinajstić information content (AvgIpc) is 3.06. The number of carbonyl (C=O) groups excluding carboxylic acids is 3. The van der Waals surface area contributed by atoms with E-state index in [9.17, 15) is 14.4 Å². The second kappa shape index (κ2) is 23.4. The van der Waals surface area contributed by atoms with Crippen LogP contribution in [0.5, 0.6) is 11.5 Å². The maximum Gasteiger partial charge on any atom is 0.338 e. The molecule has 1 atom stereocenters. The molecule has 244 valence electrons. The van der Waals surface area contributed by atoms with Crippen molar-refractivity contribution in [2.24, 2.45) is 10.2 Å². The highest BCUT2D eigenvalue weighted by Crippen LogP contribution is 2.20. The van der Waals surface area contributed by atoms with E-state index in [1.165, 1.54) is 14.2 Å². The lowest BCUT2D eigenvalue weighted by Crippen LogP contribution is -2.26. The van der Waals surface area contributed by atoms with Crippen molar-refractivity contribution in [1.29, 1.82) is 0 Å². The summed E-state index contributed by atoms with van der Waals surface area (Å²) < 4.78 is 26.0. The van der Waals surface area contributed by atoms with E-state index in [0.29, 0.717) is 41.3 Å². The van der Waals surface area contributed by atoms with Gasteiger partial charge in [0.1, 0.15) is 24.7 Å². The Bertz CT molecular complexity index is 1310. The SMILES string of the molecule is CCCCNC(=O)c1cccc(OCC(N=[N+]=[N-])OCCOCC(=O)NC)c1.CCOc1ccc(C(=O)OC)c(CN=[N+]=[N-])c1. The summed E-state index contributed by atoms with van der Waals surface area (Å²) in [5.74, 6) is 0.212. The number of azide groups is 2. The number of rotatable bonds is 19. The fourth-order valence-corrected chi connectivity index (χ4v) is 3.40. The summed E-state index contributed by atoms with van der Waals surface area (Å²) in [6.45, 7) is 5.34. The molecule has 0 fully saturated rings. The molecule has 2 N–H and O–H groups in total. The van der Waals surface area contributed by atoms with Gasteiger partial charge in [-0.15, -0.1) is 0 Å². The Morgan fingerprint density at radius 1 is 1.00 bits per heavy atom. The van der Waals surface area contributed by atoms with Crippen LogP contribution in [0, 0.1) is 0 Å². The Balaban J connectivity index is 0.000000507. The van der Waals surface area contributed by atoms with Crippen molar-refractivity contribution >= 4 is 17.8 Å². The molecule has 45 heavy (non-hydrogen) atoms. The highest BCUT2D eigenvalue weighted by molar-refractivity contribution is 5.94. The van der Waals surface area contributed by atoms with Gasteiger partial charge in [0.15, 0.2) is 6.23 Å². The van der Waals surface area contributed by atoms with E-state index in [4.69, 9.17) is 30.0 Å². The Morgan fingerprint density at radius 2 is 1.78 bits per heavy atom. The fraction of sp³-hybridized carbons (Fsp3) is 0.483. The van der Waals surface area contributed by atoms with Crippen LogP contribution in [-0.4, -0.2) is 77.7 Å². The molecule has 2 aromatic rings. The zero-order chi connectivity index (χ0) is 33.3. The third-order valence-corrected chi connectivity index (χ3v) is 5.63. The first-order valence-corrected chi connectivity index (χ1v) is 14.1. The lowest BCUT2D eigenvalue weighted by Gasteiger charge is -2.14. The lowest BCUT2D eigenvalue weighted by atomic mass is 10.1. The van der Waals surface area contributed by atoms with Gasteiger partial charge in [-0.1, -0.05) is 29.6 Å². The molecule has 16 nitrogen and oxygen atoms in total. The number of ether oxygens (including phenoxy) is 5. The van der Waals surface area contributed by atoms with Crippen LogP contribution in [0.15, 0.2) is 52.7 Å². The van der Waals surface area contributed by atoms with Crippen LogP contribution in [0.4, 0.5) is 0 Å². The van der Waals surface area contributed by atoms with Crippen molar-refractivity contribution in [2.45, 2.75) is 39.5 Å². The van der Waals surface area contributed by atoms with E-state index in [-0.39, 0.29) is 44.8 Å². The summed E-state index contributed by atoms with van der Waals surface area (Å²) >= 11 is 0. The minimum absolute atomic E-state index is 0.0274. The predicted molar refractivity (Wildman–Crippen MR) is 165 cm³/mol. The summed E-state index contributed by atoms with van der Waals surface area (Å²) in [5.41, 5.74) is 18.4. The van der Waals surface area contributed by atoms with Crippen molar-refractivity contribution in [3.05, 3.63) is 80.0 Å². The normalized spacial score (nSPS) is 10.5. The van der Waals surface area contributed by atoms with Gasteiger partial charge in [-0.05, 0) is 66.4 Å². The maximum atomic E-state index is 12.1. The lowest BCUT2D eigenvalue weighted by molar-refractivity contribution is -0.126. The van der Waals surface area contributed by atoms with Gasteiger partial charge < -0.3 is 34.3 Å². The Kier molecular flexibility index (Phi) is 19.8. The van der Waals surface area contributed by atoms with E-state index in [0.717, 1.165) is 12.8 Å². The molecule has 2 amide bonds. The quantitative estimate of drug-likeness (QED) is 0.0728. The largest absolute Gasteiger partial charge is 0.494 e. The van der Waals surface area contributed by atoms with E-state index < -0.39 is 12.2 Å². The maximum absolute atomic E-state index is 12.1. The Labute approximate surface area is 261 Å². The molecule has 0 heterocycles. The average molecular weight is 629 g/mol. The fourth-order valence-electron chi connectivity index (χ4n) is 3.40. The summed E-state index contributed by atoms with van der Waals surface area (Å²) in [6.07, 6.45) is 1.05. The van der Waals surface area contributed by atoms with Crippen molar-refractivity contribution in [2.75, 3.05) is 53.7 Å². The number of likely N-dealkylation sites (N-methyl/N-ethyl adjacent to an activating group) is 1. The van der Waals surface area contributed by atoms with Crippen LogP contribution in [0.25, 0.3) is 20.9 Å². The molecule has 0 saturated heterocycles. The topological polar surface area (TPSA) is 219 Å². The monoisotopic (exact) mass is 628 g/mol. The number of benzene rings is 2. The number of hydrogen-bond donors (Lipinski definition) is 2. The Morgan fingerprint density at radius 3 is 2.44 bits per heavy atom. The van der Waals surface area contributed by atoms with Gasteiger partial charge in [0.25, 0.3) is 5.91 Å². The highest BCUT2D eigenvalue weighted by Gasteiger charge is 2.13. The molecule has 0 saturated carbocycles. The zero-order valence-corrected chi connectivity index (χ0v) is 25.9. The molecule has 2 aromatic carbocycles. The summed E-state index contributed by atoms with van der Waals surface area (Å²) in [5, 5.41) is 12.2. The van der Waals surface area contributed by atoms with Crippen LogP contribution in [-0.2, 0) is 25.5 Å². The number of unbranched alkanes of at least 4 members (excludes halogenated alkanes) is 1. The number of nitrogens with one attached hydrogen (secondary N) is 2. The molecule has 0 aliphatic heterocycles. The van der Waals surface area contributed by atoms with Crippen LogP contribution >= 0.6 is 0 Å². The first-order valence-electron chi connectivity index (χ1n) is 14.1. The number of hydrogen-bond acceptors (Lipinski definition) is 10. The molecule has 0 bridgehead atoms. The third-order valence-electron chi connectivity index (χ3n) is 5.63. The zero-order valence-electron chi connectivity index (χ0n) is 25.9. The number of amides is 2. The van der Waals surface area contributed by atoms with E-state index >= 15 is 0 Å². The number of methoxy groups -OCH3 is 1. The smallest absolute Gasteiger partial charge is 0.338 e. The highest BCUT2D eigenvalue weighted by atomic mass is 16.6. The molecule has 2 rings (SSSR count). The first kappa shape index (κ1) is 38.0. The summed E-state index contributed by atoms with van der Waals surface area (Å²) in [7, 11) is 2.82. The first-order chi connectivity index (χ1) is 21.8. The van der Waals surface area contributed by atoms with Gasteiger partial charge in [0.05, 0.1) is 39.0 Å². The number of nitrogens with zero attached hydrogens (tertiary/aromatic N) is 6. The minimum atomic E-state index is -0.865. The summed E-state index contributed by atoms with van der Waals surface area (Å²) in [6, 6.07) is 11.7. The number of esters is 1. The van der Waals surface area contributed by atoms with Gasteiger partial charge in [0, 0.05) is 29.0 Å². The molecule has 0 aromatic heterocycles. The van der Waals surface area contributed by atoms with Crippen LogP contribution in [0.1, 0.15) is 53.0 Å². The molecule has 0 spiro atoms. The molecule has 0 aliphatic carbocycles. The standard InChI is InChI=1S/C18H27N5O5.C11H13N3O3/c1-3-4-8-21-18(25)14-6-5-7-15(11-14)28-13-17(22-23-19)27-10-9-26-12-16(24)20-2;1-3-17-9-4-5-10(11(15)16-2)8(6-9)7-13-14-12/h5-7,11,17H,3-4,8-10,12-13H2,1-2H3,(H,20,24)(H,21,25);4-6H,3,7H2,1-2H3. The van der Waals surface area contributed by atoms with Crippen molar-refractivity contribution < 1.29 is 38.1 Å². The van der Waals surface area contributed by atoms with Gasteiger partial charge in [-0.2, -0.15) is 0 Å². The third kappa shape index (κ3) is 15.9. The molecular formula is C29H40N8O8. The predicted octanol–water partition coefficient (Wildman–Crippen LogP) is 4.69. The summed E-state index contributed by atoms with van der Waals surface area (Å²) in [4.78, 5) is 40.0. The molecular weight excluding hydrogens is 588 g/mol. The van der Waals surface area contributed by atoms with Gasteiger partial charge in [0.2, 0.25) is 5.91 Å². The van der Waals surface area contributed by atoms with Crippen LogP contribution in [0.3, 0.4) is 0 Å². The Hall–Kier alpha value is -5.01. The van der Waals surface area contributed by atoms with Crippen molar-refractivity contribution in [3.63, 3.8) is 0 Å². The molecule has 1 unspecified atom stereocenters. The molecule has 0 aliphatic rings. The second-order valence-corrected chi connectivity index (χ2v) is 8.84. The molecule has 0 radical (unpaired) electrons. The van der Waals surface area contributed by atoms with Gasteiger partial charge in [-0.25, -0.2) is 4.79 Å². The van der Waals surface area contributed by atoms with Gasteiger partial charge in [-0.3, -0.25) is 9.59 Å². The van der Waals surface area contributed by atoms with E-state index in [1.54, 1.807) is 42.5 Å². The van der Waals surface area contributed by atoms with Crippen LogP contribution < -0.4 is 20.1 Å². The van der Waals surface area contributed by atoms with Crippen molar-refractivity contribution in [1.82, 2.24) is 10.6 Å². The van der Waals surface area contributed by atoms with Gasteiger partial charge >= 0.3 is 5.97 Å². The molecule has 16 heteroatoms.